The zero-order valence-corrected chi connectivity index (χ0v) is 12.1. The molecule has 3 heteroatoms. The van der Waals surface area contributed by atoms with Crippen LogP contribution in [0.5, 0.6) is 0 Å². The molecule has 2 aromatic rings. The lowest BCUT2D eigenvalue weighted by molar-refractivity contribution is 0.592. The van der Waals surface area contributed by atoms with Crippen LogP contribution in [0.3, 0.4) is 0 Å². The predicted octanol–water partition coefficient (Wildman–Crippen LogP) is 3.16. The van der Waals surface area contributed by atoms with Gasteiger partial charge in [-0.15, -0.1) is 0 Å². The van der Waals surface area contributed by atoms with Gasteiger partial charge in [0.2, 0.25) is 0 Å². The number of benzene rings is 1. The van der Waals surface area contributed by atoms with Gasteiger partial charge in [0, 0.05) is 31.4 Å². The number of hydrogen-bond acceptors (Lipinski definition) is 2. The normalized spacial score (nSPS) is 12.6. The van der Waals surface area contributed by atoms with E-state index in [9.17, 15) is 0 Å². The highest BCUT2D eigenvalue weighted by Crippen LogP contribution is 2.20. The Balaban J connectivity index is 2.25. The smallest absolute Gasteiger partial charge is 0.113 e. The molecule has 1 heterocycles. The van der Waals surface area contributed by atoms with Crippen LogP contribution in [0, 0.1) is 0 Å². The van der Waals surface area contributed by atoms with Crippen molar-refractivity contribution in [1.82, 2.24) is 14.9 Å². The molecular formula is C16H23N3. The third kappa shape index (κ3) is 3.24. The lowest BCUT2D eigenvalue weighted by Gasteiger charge is -2.17. The van der Waals surface area contributed by atoms with Crippen molar-refractivity contribution in [3.8, 4) is 0 Å². The molecule has 3 nitrogen and oxygen atoms in total. The summed E-state index contributed by atoms with van der Waals surface area (Å²) in [6.07, 6.45) is 4.83. The summed E-state index contributed by atoms with van der Waals surface area (Å²) in [6.45, 7) is 8.47. The standard InChI is InChI=1S/C16H23N3/c1-4-17-13(3)15-9-7-6-8-14(15)12-16-18-10-11-19(16)5-2/h6-11,13,17H,4-5,12H2,1-3H3. The van der Waals surface area contributed by atoms with Gasteiger partial charge in [-0.1, -0.05) is 31.2 Å². The fourth-order valence-electron chi connectivity index (χ4n) is 2.50. The monoisotopic (exact) mass is 257 g/mol. The number of nitrogens with one attached hydrogen (secondary N) is 1. The summed E-state index contributed by atoms with van der Waals surface area (Å²) in [5, 5.41) is 3.48. The van der Waals surface area contributed by atoms with Crippen LogP contribution in [0.4, 0.5) is 0 Å². The van der Waals surface area contributed by atoms with E-state index in [1.165, 1.54) is 11.1 Å². The number of aromatic nitrogens is 2. The first-order valence-corrected chi connectivity index (χ1v) is 7.07. The van der Waals surface area contributed by atoms with Gasteiger partial charge in [0.05, 0.1) is 0 Å². The molecule has 1 unspecified atom stereocenters. The lowest BCUT2D eigenvalue weighted by Crippen LogP contribution is -2.19. The summed E-state index contributed by atoms with van der Waals surface area (Å²) in [6, 6.07) is 9.02. The number of aryl methyl sites for hydroxylation is 1. The topological polar surface area (TPSA) is 29.9 Å². The Labute approximate surface area is 115 Å². The highest BCUT2D eigenvalue weighted by Gasteiger charge is 2.11. The van der Waals surface area contributed by atoms with E-state index in [1.807, 2.05) is 12.4 Å². The van der Waals surface area contributed by atoms with Gasteiger partial charge in [0.25, 0.3) is 0 Å². The highest BCUT2D eigenvalue weighted by atomic mass is 15.0. The van der Waals surface area contributed by atoms with E-state index in [0.29, 0.717) is 6.04 Å². The fourth-order valence-corrected chi connectivity index (χ4v) is 2.50. The maximum atomic E-state index is 4.47. The molecule has 0 amide bonds. The van der Waals surface area contributed by atoms with Crippen LogP contribution < -0.4 is 5.32 Å². The van der Waals surface area contributed by atoms with Gasteiger partial charge < -0.3 is 9.88 Å². The second-order valence-corrected chi connectivity index (χ2v) is 4.78. The molecule has 1 N–H and O–H groups in total. The zero-order chi connectivity index (χ0) is 13.7. The van der Waals surface area contributed by atoms with E-state index in [4.69, 9.17) is 0 Å². The first kappa shape index (κ1) is 13.8. The largest absolute Gasteiger partial charge is 0.335 e. The Bertz CT molecular complexity index is 516. The molecule has 0 aliphatic rings. The van der Waals surface area contributed by atoms with Crippen LogP contribution in [-0.2, 0) is 13.0 Å². The van der Waals surface area contributed by atoms with E-state index in [1.54, 1.807) is 0 Å². The first-order valence-electron chi connectivity index (χ1n) is 7.07. The van der Waals surface area contributed by atoms with Crippen LogP contribution in [0.2, 0.25) is 0 Å². The Morgan fingerprint density at radius 1 is 1.26 bits per heavy atom. The summed E-state index contributed by atoms with van der Waals surface area (Å²) < 4.78 is 2.20. The second-order valence-electron chi connectivity index (χ2n) is 4.78. The summed E-state index contributed by atoms with van der Waals surface area (Å²) in [5.41, 5.74) is 2.73. The van der Waals surface area contributed by atoms with Crippen molar-refractivity contribution in [2.45, 2.75) is 39.8 Å². The Hall–Kier alpha value is -1.61. The van der Waals surface area contributed by atoms with Crippen molar-refractivity contribution >= 4 is 0 Å². The van der Waals surface area contributed by atoms with Crippen molar-refractivity contribution in [3.63, 3.8) is 0 Å². The van der Waals surface area contributed by atoms with E-state index in [2.05, 4.69) is 59.9 Å². The average molecular weight is 257 g/mol. The fraction of sp³-hybridized carbons (Fsp3) is 0.438. The second kappa shape index (κ2) is 6.53. The Morgan fingerprint density at radius 2 is 2.05 bits per heavy atom. The third-order valence-corrected chi connectivity index (χ3v) is 3.52. The molecule has 1 aromatic heterocycles. The minimum atomic E-state index is 0.381. The maximum absolute atomic E-state index is 4.47. The summed E-state index contributed by atoms with van der Waals surface area (Å²) in [5.74, 6) is 1.14. The van der Waals surface area contributed by atoms with Crippen LogP contribution in [-0.4, -0.2) is 16.1 Å². The average Bonchev–Trinajstić information content (AvgIpc) is 2.87. The van der Waals surface area contributed by atoms with Crippen LogP contribution in [0.15, 0.2) is 36.7 Å². The van der Waals surface area contributed by atoms with Gasteiger partial charge in [0.15, 0.2) is 0 Å². The summed E-state index contributed by atoms with van der Waals surface area (Å²) >= 11 is 0. The van der Waals surface area contributed by atoms with Crippen molar-refractivity contribution in [1.29, 1.82) is 0 Å². The van der Waals surface area contributed by atoms with Gasteiger partial charge in [-0.05, 0) is 31.5 Å². The molecule has 102 valence electrons. The Morgan fingerprint density at radius 3 is 2.79 bits per heavy atom. The van der Waals surface area contributed by atoms with Crippen LogP contribution in [0.25, 0.3) is 0 Å². The number of hydrogen-bond donors (Lipinski definition) is 1. The van der Waals surface area contributed by atoms with E-state index < -0.39 is 0 Å². The molecule has 1 aromatic carbocycles. The molecule has 0 aliphatic carbocycles. The van der Waals surface area contributed by atoms with Gasteiger partial charge >= 0.3 is 0 Å². The molecule has 0 aliphatic heterocycles. The molecular weight excluding hydrogens is 234 g/mol. The molecule has 0 saturated heterocycles. The first-order chi connectivity index (χ1) is 9.26. The van der Waals surface area contributed by atoms with Crippen molar-refractivity contribution in [2.24, 2.45) is 0 Å². The van der Waals surface area contributed by atoms with Crippen LogP contribution >= 0.6 is 0 Å². The SMILES string of the molecule is CCNC(C)c1ccccc1Cc1nccn1CC. The van der Waals surface area contributed by atoms with Gasteiger partial charge in [-0.25, -0.2) is 4.98 Å². The maximum Gasteiger partial charge on any atom is 0.113 e. The molecule has 1 atom stereocenters. The van der Waals surface area contributed by atoms with E-state index in [-0.39, 0.29) is 0 Å². The zero-order valence-electron chi connectivity index (χ0n) is 12.1. The van der Waals surface area contributed by atoms with Gasteiger partial charge in [-0.2, -0.15) is 0 Å². The minimum absolute atomic E-state index is 0.381. The van der Waals surface area contributed by atoms with Gasteiger partial charge in [0.1, 0.15) is 5.82 Å². The number of imidazole rings is 1. The molecule has 0 bridgehead atoms. The lowest BCUT2D eigenvalue weighted by atomic mass is 9.99. The van der Waals surface area contributed by atoms with Crippen LogP contribution in [0.1, 0.15) is 43.8 Å². The molecule has 2 rings (SSSR count). The highest BCUT2D eigenvalue weighted by molar-refractivity contribution is 5.32. The van der Waals surface area contributed by atoms with E-state index >= 15 is 0 Å². The number of nitrogens with zero attached hydrogens (tertiary/aromatic N) is 2. The molecule has 0 radical (unpaired) electrons. The summed E-state index contributed by atoms with van der Waals surface area (Å²) in [4.78, 5) is 4.47. The Kier molecular flexibility index (Phi) is 4.74. The molecule has 19 heavy (non-hydrogen) atoms. The molecule has 0 spiro atoms. The van der Waals surface area contributed by atoms with Gasteiger partial charge in [-0.3, -0.25) is 0 Å². The van der Waals surface area contributed by atoms with E-state index in [0.717, 1.165) is 25.3 Å². The van der Waals surface area contributed by atoms with Crippen molar-refractivity contribution in [3.05, 3.63) is 53.6 Å². The third-order valence-electron chi connectivity index (χ3n) is 3.52. The predicted molar refractivity (Wildman–Crippen MR) is 79.2 cm³/mol. The number of rotatable bonds is 6. The summed E-state index contributed by atoms with van der Waals surface area (Å²) in [7, 11) is 0. The molecule has 0 fully saturated rings. The quantitative estimate of drug-likeness (QED) is 0.861. The minimum Gasteiger partial charge on any atom is -0.335 e. The van der Waals surface area contributed by atoms with Crippen molar-refractivity contribution < 1.29 is 0 Å². The molecule has 0 saturated carbocycles. The van der Waals surface area contributed by atoms with Crippen molar-refractivity contribution in [2.75, 3.05) is 6.54 Å².